The van der Waals surface area contributed by atoms with Crippen LogP contribution in [-0.2, 0) is 23.9 Å². The lowest BCUT2D eigenvalue weighted by molar-refractivity contribution is -0.153. The number of hydrogen-bond donors (Lipinski definition) is 2. The van der Waals surface area contributed by atoms with E-state index < -0.39 is 17.6 Å². The summed E-state index contributed by atoms with van der Waals surface area (Å²) in [7, 11) is 0. The minimum atomic E-state index is -0.849. The first kappa shape index (κ1) is 23.4. The molecule has 0 aromatic heterocycles. The van der Waals surface area contributed by atoms with Crippen LogP contribution in [0.1, 0.15) is 66.7 Å². The van der Waals surface area contributed by atoms with Crippen molar-refractivity contribution < 1.29 is 23.9 Å². The van der Waals surface area contributed by atoms with Crippen molar-refractivity contribution in [3.63, 3.8) is 0 Å². The van der Waals surface area contributed by atoms with Crippen LogP contribution in [0.2, 0.25) is 0 Å². The van der Waals surface area contributed by atoms with E-state index in [1.807, 2.05) is 0 Å². The number of nitrogens with one attached hydrogen (secondary N) is 2. The van der Waals surface area contributed by atoms with Crippen LogP contribution >= 0.6 is 0 Å². The summed E-state index contributed by atoms with van der Waals surface area (Å²) in [5.74, 6) is -0.514. The van der Waals surface area contributed by atoms with E-state index in [0.717, 1.165) is 12.8 Å². The lowest BCUT2D eigenvalue weighted by Gasteiger charge is -2.29. The molecule has 0 aromatic carbocycles. The number of amides is 2. The van der Waals surface area contributed by atoms with Crippen LogP contribution in [0.25, 0.3) is 0 Å². The van der Waals surface area contributed by atoms with Gasteiger partial charge < -0.3 is 20.1 Å². The largest absolute Gasteiger partial charge is 0.466 e. The number of carbonyl (C=O) groups excluding carboxylic acids is 3. The summed E-state index contributed by atoms with van der Waals surface area (Å²) in [6.07, 6.45) is 5.57. The van der Waals surface area contributed by atoms with Gasteiger partial charge in [0, 0.05) is 20.1 Å². The normalized spacial score (nSPS) is 17.7. The van der Waals surface area contributed by atoms with E-state index in [2.05, 4.69) is 10.6 Å². The van der Waals surface area contributed by atoms with Gasteiger partial charge in [-0.1, -0.05) is 19.3 Å². The quantitative estimate of drug-likeness (QED) is 0.563. The van der Waals surface area contributed by atoms with E-state index in [-0.39, 0.29) is 30.9 Å². The average molecular weight is 385 g/mol. The maximum absolute atomic E-state index is 12.6. The number of esters is 1. The smallest absolute Gasteiger partial charge is 0.313 e. The molecule has 1 aliphatic rings. The van der Waals surface area contributed by atoms with Crippen LogP contribution in [0, 0.1) is 11.3 Å². The molecule has 0 spiro atoms. The van der Waals surface area contributed by atoms with E-state index in [0.29, 0.717) is 12.5 Å². The molecule has 156 valence electrons. The summed E-state index contributed by atoms with van der Waals surface area (Å²) in [6, 6.07) is -0.802. The molecule has 1 aliphatic carbocycles. The lowest BCUT2D eigenvalue weighted by atomic mass is 9.90. The fourth-order valence-electron chi connectivity index (χ4n) is 3.17. The van der Waals surface area contributed by atoms with Gasteiger partial charge in [0.25, 0.3) is 0 Å². The molecule has 0 aromatic rings. The number of rotatable bonds is 10. The molecule has 2 amide bonds. The van der Waals surface area contributed by atoms with Gasteiger partial charge in [-0.05, 0) is 46.5 Å². The SMILES string of the molecule is CCOC(=O)C(C)(C)CNC(=O)C(NC(C)=O)C(C)OCC1CCCCC1. The highest BCUT2D eigenvalue weighted by molar-refractivity contribution is 5.88. The maximum Gasteiger partial charge on any atom is 0.313 e. The van der Waals surface area contributed by atoms with Crippen molar-refractivity contribution in [2.45, 2.75) is 78.9 Å². The number of ether oxygens (including phenoxy) is 2. The van der Waals surface area contributed by atoms with Crippen molar-refractivity contribution in [1.82, 2.24) is 10.6 Å². The zero-order chi connectivity index (χ0) is 20.4. The molecule has 0 aliphatic heterocycles. The molecule has 1 saturated carbocycles. The Kier molecular flexibility index (Phi) is 9.77. The van der Waals surface area contributed by atoms with Gasteiger partial charge in [-0.2, -0.15) is 0 Å². The second kappa shape index (κ2) is 11.3. The van der Waals surface area contributed by atoms with Gasteiger partial charge in [0.05, 0.1) is 18.1 Å². The molecule has 0 radical (unpaired) electrons. The zero-order valence-electron chi connectivity index (χ0n) is 17.4. The molecule has 0 heterocycles. The van der Waals surface area contributed by atoms with Crippen LogP contribution < -0.4 is 10.6 Å². The van der Waals surface area contributed by atoms with Gasteiger partial charge in [-0.25, -0.2) is 0 Å². The Morgan fingerprint density at radius 3 is 2.33 bits per heavy atom. The fraction of sp³-hybridized carbons (Fsp3) is 0.850. The molecule has 1 fully saturated rings. The Morgan fingerprint density at radius 2 is 1.78 bits per heavy atom. The van der Waals surface area contributed by atoms with E-state index in [1.165, 1.54) is 26.2 Å². The van der Waals surface area contributed by atoms with Crippen molar-refractivity contribution in [3.05, 3.63) is 0 Å². The third-order valence-electron chi connectivity index (χ3n) is 4.96. The first-order valence-corrected chi connectivity index (χ1v) is 10.0. The molecule has 2 atom stereocenters. The molecule has 0 bridgehead atoms. The van der Waals surface area contributed by atoms with Gasteiger partial charge in [0.1, 0.15) is 6.04 Å². The third-order valence-corrected chi connectivity index (χ3v) is 4.96. The van der Waals surface area contributed by atoms with Crippen LogP contribution in [0.5, 0.6) is 0 Å². The minimum absolute atomic E-state index is 0.121. The third kappa shape index (κ3) is 8.28. The van der Waals surface area contributed by atoms with Crippen LogP contribution in [-0.4, -0.2) is 49.7 Å². The van der Waals surface area contributed by atoms with Crippen LogP contribution in [0.3, 0.4) is 0 Å². The number of hydrogen-bond acceptors (Lipinski definition) is 5. The Labute approximate surface area is 162 Å². The second-order valence-electron chi connectivity index (χ2n) is 8.04. The topological polar surface area (TPSA) is 93.7 Å². The molecule has 2 N–H and O–H groups in total. The van der Waals surface area contributed by atoms with Crippen molar-refractivity contribution in [2.75, 3.05) is 19.8 Å². The molecule has 27 heavy (non-hydrogen) atoms. The summed E-state index contributed by atoms with van der Waals surface area (Å²) in [4.78, 5) is 36.2. The van der Waals surface area contributed by atoms with Crippen molar-refractivity contribution in [3.8, 4) is 0 Å². The molecular weight excluding hydrogens is 348 g/mol. The summed E-state index contributed by atoms with van der Waals surface area (Å²) >= 11 is 0. The number of carbonyl (C=O) groups is 3. The second-order valence-corrected chi connectivity index (χ2v) is 8.04. The average Bonchev–Trinajstić information content (AvgIpc) is 2.63. The zero-order valence-corrected chi connectivity index (χ0v) is 17.4. The Morgan fingerprint density at radius 1 is 1.15 bits per heavy atom. The molecule has 7 nitrogen and oxygen atoms in total. The highest BCUT2D eigenvalue weighted by atomic mass is 16.5. The van der Waals surface area contributed by atoms with Crippen LogP contribution in [0.15, 0.2) is 0 Å². The predicted octanol–water partition coefficient (Wildman–Crippen LogP) is 2.18. The molecular formula is C20H36N2O5. The monoisotopic (exact) mass is 384 g/mol. The van der Waals surface area contributed by atoms with Crippen molar-refractivity contribution in [1.29, 1.82) is 0 Å². The Bertz CT molecular complexity index is 501. The summed E-state index contributed by atoms with van der Waals surface area (Å²) in [5.41, 5.74) is -0.849. The predicted molar refractivity (Wildman–Crippen MR) is 103 cm³/mol. The van der Waals surface area contributed by atoms with E-state index in [9.17, 15) is 14.4 Å². The summed E-state index contributed by atoms with van der Waals surface area (Å²) in [5, 5.41) is 5.42. The van der Waals surface area contributed by atoms with Gasteiger partial charge >= 0.3 is 5.97 Å². The molecule has 2 unspecified atom stereocenters. The highest BCUT2D eigenvalue weighted by Crippen LogP contribution is 2.24. The van der Waals surface area contributed by atoms with Crippen LogP contribution in [0.4, 0.5) is 0 Å². The molecule has 1 rings (SSSR count). The van der Waals surface area contributed by atoms with Crippen molar-refractivity contribution >= 4 is 17.8 Å². The lowest BCUT2D eigenvalue weighted by Crippen LogP contribution is -2.54. The fourth-order valence-corrected chi connectivity index (χ4v) is 3.17. The van der Waals surface area contributed by atoms with Gasteiger partial charge in [0.15, 0.2) is 0 Å². The van der Waals surface area contributed by atoms with E-state index >= 15 is 0 Å². The summed E-state index contributed by atoms with van der Waals surface area (Å²) in [6.45, 7) is 9.33. The summed E-state index contributed by atoms with van der Waals surface area (Å²) < 4.78 is 10.9. The Balaban J connectivity index is 2.61. The van der Waals surface area contributed by atoms with E-state index in [4.69, 9.17) is 9.47 Å². The standard InChI is InChI=1S/C20H36N2O5/c1-6-26-19(25)20(4,5)13-21-18(24)17(22-15(3)23)14(2)27-12-16-10-8-7-9-11-16/h14,16-17H,6-13H2,1-5H3,(H,21,24)(H,22,23). The molecule has 0 saturated heterocycles. The van der Waals surface area contributed by atoms with Gasteiger partial charge in [-0.3, -0.25) is 14.4 Å². The van der Waals surface area contributed by atoms with Crippen molar-refractivity contribution in [2.24, 2.45) is 11.3 Å². The highest BCUT2D eigenvalue weighted by Gasteiger charge is 2.33. The minimum Gasteiger partial charge on any atom is -0.466 e. The van der Waals surface area contributed by atoms with Gasteiger partial charge in [0.2, 0.25) is 11.8 Å². The maximum atomic E-state index is 12.6. The first-order chi connectivity index (χ1) is 12.7. The van der Waals surface area contributed by atoms with E-state index in [1.54, 1.807) is 27.7 Å². The van der Waals surface area contributed by atoms with Gasteiger partial charge in [-0.15, -0.1) is 0 Å². The first-order valence-electron chi connectivity index (χ1n) is 10.0. The molecule has 7 heteroatoms. The Hall–Kier alpha value is -1.63.